The van der Waals surface area contributed by atoms with Crippen LogP contribution in [0.3, 0.4) is 0 Å². The third-order valence-corrected chi connectivity index (χ3v) is 5.34. The fraction of sp³-hybridized carbons (Fsp3) is 0.0588. The monoisotopic (exact) mass is 426 g/mol. The van der Waals surface area contributed by atoms with Gasteiger partial charge in [-0.25, -0.2) is 0 Å². The lowest BCUT2D eigenvalue weighted by molar-refractivity contribution is 0.482. The molecule has 0 aliphatic rings. The summed E-state index contributed by atoms with van der Waals surface area (Å²) in [4.78, 5) is 0. The van der Waals surface area contributed by atoms with Crippen LogP contribution in [0.5, 0.6) is 11.5 Å². The first-order valence-electron chi connectivity index (χ1n) is 6.43. The number of benzene rings is 2. The van der Waals surface area contributed by atoms with Gasteiger partial charge in [0, 0.05) is 0 Å². The topological polar surface area (TPSA) is 9.23 Å². The van der Waals surface area contributed by atoms with E-state index in [-0.39, 0.29) is 5.38 Å². The third-order valence-electron chi connectivity index (χ3n) is 3.03. The van der Waals surface area contributed by atoms with Crippen LogP contribution in [0.1, 0.15) is 16.5 Å². The fourth-order valence-corrected chi connectivity index (χ4v) is 3.72. The number of rotatable bonds is 4. The quantitative estimate of drug-likeness (QED) is 0.343. The van der Waals surface area contributed by atoms with Gasteiger partial charge in [-0.05, 0) is 69.4 Å². The van der Waals surface area contributed by atoms with Crippen molar-refractivity contribution in [2.75, 3.05) is 0 Å². The van der Waals surface area contributed by atoms with Gasteiger partial charge in [0.15, 0.2) is 0 Å². The number of hydrogen-bond donors (Lipinski definition) is 0. The van der Waals surface area contributed by atoms with Crippen LogP contribution in [0.2, 0.25) is 0 Å². The first-order chi connectivity index (χ1) is 10.2. The van der Waals surface area contributed by atoms with Crippen LogP contribution >= 0.6 is 45.5 Å². The number of ether oxygens (including phenoxy) is 1. The smallest absolute Gasteiger partial charge is 0.127 e. The number of hydrogen-bond acceptors (Lipinski definition) is 2. The molecule has 0 saturated heterocycles. The second-order valence-corrected chi connectivity index (χ2v) is 7.77. The third kappa shape index (κ3) is 3.78. The standard InChI is InChI=1S/C17H12ClIOS/c18-17(13-10-16(19)21-11-13)12-6-8-15(9-7-12)20-14-4-2-1-3-5-14/h1-11,17H. The lowest BCUT2D eigenvalue weighted by Crippen LogP contribution is -1.91. The average Bonchev–Trinajstić information content (AvgIpc) is 2.95. The van der Waals surface area contributed by atoms with Crippen molar-refractivity contribution in [1.29, 1.82) is 0 Å². The van der Waals surface area contributed by atoms with Gasteiger partial charge in [-0.1, -0.05) is 30.3 Å². The van der Waals surface area contributed by atoms with Crippen LogP contribution in [0, 0.1) is 2.88 Å². The van der Waals surface area contributed by atoms with Crippen LogP contribution in [0.25, 0.3) is 0 Å². The molecule has 0 saturated carbocycles. The highest BCUT2D eigenvalue weighted by Crippen LogP contribution is 2.33. The highest BCUT2D eigenvalue weighted by atomic mass is 127. The Hall–Kier alpha value is -1.04. The highest BCUT2D eigenvalue weighted by molar-refractivity contribution is 14.1. The Balaban J connectivity index is 1.75. The van der Waals surface area contributed by atoms with E-state index in [1.807, 2.05) is 54.6 Å². The zero-order valence-electron chi connectivity index (χ0n) is 11.0. The molecule has 0 amide bonds. The van der Waals surface area contributed by atoms with E-state index in [9.17, 15) is 0 Å². The molecule has 3 aromatic rings. The van der Waals surface area contributed by atoms with E-state index in [2.05, 4.69) is 34.0 Å². The second kappa shape index (κ2) is 6.81. The summed E-state index contributed by atoms with van der Waals surface area (Å²) in [7, 11) is 0. The number of para-hydroxylation sites is 1. The van der Waals surface area contributed by atoms with Gasteiger partial charge >= 0.3 is 0 Å². The number of thiophene rings is 1. The Morgan fingerprint density at radius 1 is 0.905 bits per heavy atom. The van der Waals surface area contributed by atoms with E-state index in [4.69, 9.17) is 16.3 Å². The fourth-order valence-electron chi connectivity index (χ4n) is 1.98. The van der Waals surface area contributed by atoms with Crippen molar-refractivity contribution in [3.63, 3.8) is 0 Å². The molecule has 0 spiro atoms. The van der Waals surface area contributed by atoms with Crippen molar-refractivity contribution in [2.24, 2.45) is 0 Å². The molecule has 0 radical (unpaired) electrons. The molecular formula is C17H12ClIOS. The van der Waals surface area contributed by atoms with E-state index < -0.39 is 0 Å². The Bertz CT molecular complexity index is 709. The zero-order valence-corrected chi connectivity index (χ0v) is 14.7. The van der Waals surface area contributed by atoms with Crippen LogP contribution in [-0.4, -0.2) is 0 Å². The minimum Gasteiger partial charge on any atom is -0.457 e. The lowest BCUT2D eigenvalue weighted by atomic mass is 10.1. The minimum atomic E-state index is -0.115. The van der Waals surface area contributed by atoms with Crippen molar-refractivity contribution in [3.8, 4) is 11.5 Å². The summed E-state index contributed by atoms with van der Waals surface area (Å²) >= 11 is 10.5. The maximum atomic E-state index is 6.52. The van der Waals surface area contributed by atoms with Crippen LogP contribution in [0.4, 0.5) is 0 Å². The van der Waals surface area contributed by atoms with Gasteiger partial charge in [0.05, 0.1) is 8.26 Å². The Kier molecular flexibility index (Phi) is 4.83. The molecule has 1 heterocycles. The first kappa shape index (κ1) is 14.9. The van der Waals surface area contributed by atoms with Crippen LogP contribution < -0.4 is 4.74 Å². The van der Waals surface area contributed by atoms with Gasteiger partial charge in [-0.3, -0.25) is 0 Å². The summed E-state index contributed by atoms with van der Waals surface area (Å²) in [5, 5.41) is 1.99. The molecule has 0 aliphatic heterocycles. The maximum absolute atomic E-state index is 6.52. The van der Waals surface area contributed by atoms with E-state index in [1.165, 1.54) is 2.88 Å². The Labute approximate surface area is 146 Å². The summed E-state index contributed by atoms with van der Waals surface area (Å²) in [6, 6.07) is 19.8. The van der Waals surface area contributed by atoms with Gasteiger partial charge in [-0.15, -0.1) is 22.9 Å². The van der Waals surface area contributed by atoms with Crippen molar-refractivity contribution in [3.05, 3.63) is 80.1 Å². The molecule has 3 rings (SSSR count). The Morgan fingerprint density at radius 3 is 2.19 bits per heavy atom. The molecule has 0 fully saturated rings. The van der Waals surface area contributed by atoms with E-state index in [1.54, 1.807) is 11.3 Å². The number of halogens is 2. The van der Waals surface area contributed by atoms with E-state index in [0.29, 0.717) is 0 Å². The summed E-state index contributed by atoms with van der Waals surface area (Å²) < 4.78 is 7.03. The molecule has 106 valence electrons. The molecular weight excluding hydrogens is 415 g/mol. The molecule has 21 heavy (non-hydrogen) atoms. The first-order valence-corrected chi connectivity index (χ1v) is 8.83. The molecule has 1 atom stereocenters. The molecule has 0 N–H and O–H groups in total. The SMILES string of the molecule is ClC(c1ccc(Oc2ccccc2)cc1)c1csc(I)c1. The van der Waals surface area contributed by atoms with Crippen molar-refractivity contribution < 1.29 is 4.74 Å². The maximum Gasteiger partial charge on any atom is 0.127 e. The molecule has 1 unspecified atom stereocenters. The summed E-state index contributed by atoms with van der Waals surface area (Å²) in [5.74, 6) is 1.65. The lowest BCUT2D eigenvalue weighted by Gasteiger charge is -2.10. The number of alkyl halides is 1. The molecule has 0 aliphatic carbocycles. The summed E-state index contributed by atoms with van der Waals surface area (Å²) in [6.07, 6.45) is 0. The molecule has 0 bridgehead atoms. The normalized spacial score (nSPS) is 12.1. The van der Waals surface area contributed by atoms with Gasteiger partial charge in [0.1, 0.15) is 11.5 Å². The van der Waals surface area contributed by atoms with Gasteiger partial charge in [0.2, 0.25) is 0 Å². The van der Waals surface area contributed by atoms with Crippen molar-refractivity contribution in [1.82, 2.24) is 0 Å². The second-order valence-electron chi connectivity index (χ2n) is 4.53. The average molecular weight is 427 g/mol. The predicted molar refractivity (Wildman–Crippen MR) is 97.7 cm³/mol. The summed E-state index contributed by atoms with van der Waals surface area (Å²) in [6.45, 7) is 0. The highest BCUT2D eigenvalue weighted by Gasteiger charge is 2.12. The van der Waals surface area contributed by atoms with Crippen molar-refractivity contribution >= 4 is 45.5 Å². The van der Waals surface area contributed by atoms with Gasteiger partial charge < -0.3 is 4.74 Å². The Morgan fingerprint density at radius 2 is 1.57 bits per heavy atom. The zero-order chi connectivity index (χ0) is 14.7. The van der Waals surface area contributed by atoms with Crippen LogP contribution in [-0.2, 0) is 0 Å². The summed E-state index contributed by atoms with van der Waals surface area (Å²) in [5.41, 5.74) is 2.22. The molecule has 1 nitrogen and oxygen atoms in total. The van der Waals surface area contributed by atoms with Crippen LogP contribution in [0.15, 0.2) is 66.0 Å². The van der Waals surface area contributed by atoms with E-state index in [0.717, 1.165) is 22.6 Å². The predicted octanol–water partition coefficient (Wildman–Crippen LogP) is 6.47. The molecule has 2 aromatic carbocycles. The molecule has 4 heteroatoms. The van der Waals surface area contributed by atoms with E-state index >= 15 is 0 Å². The minimum absolute atomic E-state index is 0.115. The molecule has 1 aromatic heterocycles. The van der Waals surface area contributed by atoms with Gasteiger partial charge in [-0.2, -0.15) is 0 Å². The largest absolute Gasteiger partial charge is 0.457 e. The van der Waals surface area contributed by atoms with Crippen molar-refractivity contribution in [2.45, 2.75) is 5.38 Å². The van der Waals surface area contributed by atoms with Gasteiger partial charge in [0.25, 0.3) is 0 Å².